The molecule has 16 heteroatoms. The molecule has 0 saturated heterocycles. The van der Waals surface area contributed by atoms with Crippen molar-refractivity contribution in [2.45, 2.75) is 0 Å². The fourth-order valence-electron chi connectivity index (χ4n) is 0. The third-order valence-electron chi connectivity index (χ3n) is 0. The van der Waals surface area contributed by atoms with E-state index >= 15 is 0 Å². The minimum atomic E-state index is -1.75. The summed E-state index contributed by atoms with van der Waals surface area (Å²) < 4.78 is 0. The zero-order valence-corrected chi connectivity index (χ0v) is 15.9. The maximum absolute atomic E-state index is 8.25. The van der Waals surface area contributed by atoms with Gasteiger partial charge in [-0.05, 0) is 0 Å². The van der Waals surface area contributed by atoms with Gasteiger partial charge >= 0.3 is 58.2 Å². The summed E-state index contributed by atoms with van der Waals surface area (Å²) in [5, 5.41) is 44.2. The van der Waals surface area contributed by atoms with Crippen LogP contribution in [0.1, 0.15) is 0 Å². The Hall–Kier alpha value is 0.338. The van der Waals surface area contributed by atoms with Gasteiger partial charge in [0.25, 0.3) is 0 Å². The largest absolute Gasteiger partial charge is 2.00 e. The van der Waals surface area contributed by atoms with Crippen LogP contribution >= 0.6 is 0 Å². The van der Waals surface area contributed by atoms with E-state index in [0.717, 1.165) is 0 Å². The quantitative estimate of drug-likeness (QED) is 0.214. The van der Waals surface area contributed by atoms with Crippen molar-refractivity contribution in [1.29, 1.82) is 0 Å². The van der Waals surface area contributed by atoms with Gasteiger partial charge in [0.1, 0.15) is 0 Å². The average molecular weight is 540 g/mol. The van der Waals surface area contributed by atoms with E-state index < -0.39 is 15.3 Å². The molecule has 0 heterocycles. The molecule has 0 fully saturated rings. The van der Waals surface area contributed by atoms with E-state index in [0.29, 0.717) is 0 Å². The van der Waals surface area contributed by atoms with Crippen LogP contribution in [-0.2, 0) is 11.0 Å². The minimum Gasteiger partial charge on any atom is -2.00 e. The Morgan fingerprint density at radius 3 is 0.562 bits per heavy atom. The number of hydrogen-bond acceptors (Lipinski definition) is 9. The minimum absolute atomic E-state index is 0. The van der Waals surface area contributed by atoms with Gasteiger partial charge in [0.2, 0.25) is 0 Å². The molecule has 0 N–H and O–H groups in total. The van der Waals surface area contributed by atoms with Gasteiger partial charge in [0, 0.05) is 29.9 Å². The van der Waals surface area contributed by atoms with Crippen molar-refractivity contribution < 1.29 is 114 Å². The van der Waals surface area contributed by atoms with Gasteiger partial charge in [-0.1, -0.05) is 0 Å². The van der Waals surface area contributed by atoms with Gasteiger partial charge in [-0.25, -0.2) is 0 Å². The van der Waals surface area contributed by atoms with Crippen molar-refractivity contribution >= 4 is 0 Å². The molecule has 14 nitrogen and oxygen atoms in total. The first-order valence-corrected chi connectivity index (χ1v) is 1.64. The average Bonchev–Trinajstić information content (AvgIpc) is 1.54. The Bertz CT molecular complexity index is 119. The summed E-state index contributed by atoms with van der Waals surface area (Å²) in [6.45, 7) is 0. The smallest absolute Gasteiger partial charge is 1.00 e. The predicted octanol–water partition coefficient (Wildman–Crippen LogP) is -3.95. The van der Waals surface area contributed by atoms with Gasteiger partial charge in [-0.2, -0.15) is 0 Å². The maximum Gasteiger partial charge on any atom is 1.00 e. The summed E-state index contributed by atoms with van der Waals surface area (Å²) in [7, 11) is 0. The molecule has 0 aliphatic rings. The Morgan fingerprint density at radius 1 is 0.562 bits per heavy atom. The van der Waals surface area contributed by atoms with Crippen LogP contribution in [0.4, 0.5) is 0 Å². The molecule has 16 heavy (non-hydrogen) atoms. The number of rotatable bonds is 0. The van der Waals surface area contributed by atoms with E-state index in [2.05, 4.69) is 0 Å². The van der Waals surface area contributed by atoms with Crippen LogP contribution in [0.2, 0.25) is 0 Å². The molecule has 0 amide bonds. The van der Waals surface area contributed by atoms with E-state index in [9.17, 15) is 0 Å². The predicted molar refractivity (Wildman–Crippen MR) is 32.5 cm³/mol. The van der Waals surface area contributed by atoms with E-state index in [1.54, 1.807) is 0 Å². The molecule has 1 radical (unpaired) electrons. The second-order valence-corrected chi connectivity index (χ2v) is 0.671. The van der Waals surface area contributed by atoms with Crippen LogP contribution in [-0.4, -0.2) is 15.3 Å². The first-order valence-electron chi connectivity index (χ1n) is 1.64. The zero-order chi connectivity index (χ0) is 10.7. The summed E-state index contributed by atoms with van der Waals surface area (Å²) in [6, 6.07) is 0. The monoisotopic (exact) mass is 539 g/mol. The molecule has 0 saturated carbocycles. The van der Waals surface area contributed by atoms with Gasteiger partial charge in [-0.3, -0.25) is 0 Å². The Morgan fingerprint density at radius 2 is 0.562 bits per heavy atom. The molecular formula is N3NpO11Rb-6. The molecule has 93 valence electrons. The van der Waals surface area contributed by atoms with Crippen LogP contribution in [0, 0.1) is 75.9 Å². The maximum atomic E-state index is 8.25. The molecule has 0 rings (SSSR count). The summed E-state index contributed by atoms with van der Waals surface area (Å²) >= 11 is 0. The van der Waals surface area contributed by atoms with Gasteiger partial charge in [0.15, 0.2) is 0 Å². The normalized spacial score (nSPS) is 4.50. The molecular weight excluding hydrogens is 540 g/mol. The second kappa shape index (κ2) is 36.2. The van der Waals surface area contributed by atoms with E-state index in [1.807, 2.05) is 0 Å². The van der Waals surface area contributed by atoms with Crippen LogP contribution in [0.25, 0.3) is 0 Å². The van der Waals surface area contributed by atoms with Gasteiger partial charge < -0.3 is 56.9 Å². The fraction of sp³-hybridized carbons (Fsp3) is 0. The van der Waals surface area contributed by atoms with Crippen molar-refractivity contribution in [1.82, 2.24) is 0 Å². The summed E-state index contributed by atoms with van der Waals surface area (Å²) in [6.07, 6.45) is 0. The van der Waals surface area contributed by atoms with E-state index in [4.69, 9.17) is 46.0 Å². The van der Waals surface area contributed by atoms with Crippen molar-refractivity contribution in [3.63, 3.8) is 0 Å². The van der Waals surface area contributed by atoms with Crippen molar-refractivity contribution in [3.8, 4) is 0 Å². The van der Waals surface area contributed by atoms with Crippen molar-refractivity contribution in [2.75, 3.05) is 0 Å². The molecule has 0 aliphatic carbocycles. The molecule has 0 aromatic heterocycles. The van der Waals surface area contributed by atoms with Gasteiger partial charge in [-0.15, -0.1) is 0 Å². The molecule has 0 bridgehead atoms. The SMILES string of the molecule is O=[N+]([O-])[O-].O=[N+]([O-])[O-].O=[N+]([O-])[O-].[Np].[O-2].[O-2].[Rb+]. The Kier molecular flexibility index (Phi) is 99.6. The number of hydrogen-bond donors (Lipinski definition) is 0. The Balaban J connectivity index is -0.0000000135. The van der Waals surface area contributed by atoms with E-state index in [1.165, 1.54) is 0 Å². The molecule has 0 unspecified atom stereocenters. The third kappa shape index (κ3) is 22300. The third-order valence-corrected chi connectivity index (χ3v) is 0. The fourth-order valence-corrected chi connectivity index (χ4v) is 0. The van der Waals surface area contributed by atoms with Crippen molar-refractivity contribution in [3.05, 3.63) is 46.0 Å². The summed E-state index contributed by atoms with van der Waals surface area (Å²) in [5.41, 5.74) is 0. The zero-order valence-electron chi connectivity index (χ0n) is 7.28. The van der Waals surface area contributed by atoms with Crippen molar-refractivity contribution in [2.24, 2.45) is 0 Å². The summed E-state index contributed by atoms with van der Waals surface area (Å²) in [5.74, 6) is 0. The molecule has 0 aliphatic heterocycles. The van der Waals surface area contributed by atoms with Gasteiger partial charge in [0.05, 0.1) is 15.3 Å². The van der Waals surface area contributed by atoms with Crippen LogP contribution in [0.15, 0.2) is 0 Å². The van der Waals surface area contributed by atoms with E-state index in [-0.39, 0.29) is 99.1 Å². The topological polar surface area (TPSA) is 256 Å². The molecule has 0 aromatic carbocycles. The van der Waals surface area contributed by atoms with Crippen LogP contribution < -0.4 is 58.2 Å². The standard InChI is InChI=1S/3NO3.Np.2O.Rb/c3*2-1(3)4;;;;/q3*-1;;2*-2;+1. The first-order chi connectivity index (χ1) is 5.20. The van der Waals surface area contributed by atoms with Crippen LogP contribution in [0.3, 0.4) is 0 Å². The molecule has 0 aromatic rings. The molecule has 0 atom stereocenters. The second-order valence-electron chi connectivity index (χ2n) is 0.671. The Labute approximate surface area is 158 Å². The van der Waals surface area contributed by atoms with Crippen LogP contribution in [0.5, 0.6) is 0 Å². The first kappa shape index (κ1) is 44.1. The molecule has 0 spiro atoms. The summed E-state index contributed by atoms with van der Waals surface area (Å²) in [4.78, 5) is 24.8. The number of nitrogens with zero attached hydrogens (tertiary/aromatic N) is 3.